The fraction of sp³-hybridized carbons (Fsp3) is 0.588. The van der Waals surface area contributed by atoms with Crippen molar-refractivity contribution in [3.05, 3.63) is 28.3 Å². The molecular weight excluding hydrogens is 300 g/mol. The lowest BCUT2D eigenvalue weighted by atomic mass is 9.89. The van der Waals surface area contributed by atoms with Gasteiger partial charge in [0.25, 0.3) is 0 Å². The number of nitrogens with zero attached hydrogens (tertiary/aromatic N) is 1. The molecule has 1 aromatic carbocycles. The van der Waals surface area contributed by atoms with E-state index in [9.17, 15) is 4.79 Å². The highest BCUT2D eigenvalue weighted by molar-refractivity contribution is 6.32. The zero-order chi connectivity index (χ0) is 16.1. The van der Waals surface area contributed by atoms with Gasteiger partial charge in [-0.25, -0.2) is 4.79 Å². The Morgan fingerprint density at radius 3 is 2.82 bits per heavy atom. The van der Waals surface area contributed by atoms with E-state index in [1.807, 2.05) is 37.8 Å². The summed E-state index contributed by atoms with van der Waals surface area (Å²) in [4.78, 5) is 14.1. The predicted octanol–water partition coefficient (Wildman–Crippen LogP) is 4.17. The maximum Gasteiger partial charge on any atom is 0.410 e. The number of anilines is 1. The molecule has 1 saturated heterocycles. The molecule has 22 heavy (non-hydrogen) atoms. The van der Waals surface area contributed by atoms with Crippen molar-refractivity contribution in [2.24, 2.45) is 0 Å². The SMILES string of the molecule is Cc1ccc(Cl)c2c1NC1CCN(C(=O)OC(C)(C)C)CC21. The molecule has 2 atom stereocenters. The van der Waals surface area contributed by atoms with Crippen LogP contribution < -0.4 is 5.32 Å². The zero-order valence-corrected chi connectivity index (χ0v) is 14.3. The Balaban J connectivity index is 1.82. The summed E-state index contributed by atoms with van der Waals surface area (Å²) >= 11 is 6.42. The quantitative estimate of drug-likeness (QED) is 0.779. The van der Waals surface area contributed by atoms with Crippen molar-refractivity contribution in [2.45, 2.75) is 51.7 Å². The first-order valence-electron chi connectivity index (χ1n) is 7.80. The highest BCUT2D eigenvalue weighted by Gasteiger charge is 2.40. The van der Waals surface area contributed by atoms with Gasteiger partial charge in [0.1, 0.15) is 5.60 Å². The van der Waals surface area contributed by atoms with Crippen LogP contribution in [0.2, 0.25) is 5.02 Å². The second-order valence-electron chi connectivity index (χ2n) is 7.23. The van der Waals surface area contributed by atoms with Gasteiger partial charge in [0.2, 0.25) is 0 Å². The number of carbonyl (C=O) groups is 1. The number of halogens is 1. The number of rotatable bonds is 0. The van der Waals surface area contributed by atoms with E-state index in [1.165, 1.54) is 5.56 Å². The van der Waals surface area contributed by atoms with E-state index in [-0.39, 0.29) is 12.0 Å². The summed E-state index contributed by atoms with van der Waals surface area (Å²) in [5, 5.41) is 4.37. The van der Waals surface area contributed by atoms with Crippen molar-refractivity contribution in [2.75, 3.05) is 18.4 Å². The first-order valence-corrected chi connectivity index (χ1v) is 8.17. The van der Waals surface area contributed by atoms with Crippen LogP contribution in [0.3, 0.4) is 0 Å². The van der Waals surface area contributed by atoms with Crippen LogP contribution in [0.1, 0.15) is 44.2 Å². The minimum Gasteiger partial charge on any atom is -0.444 e. The number of piperidine rings is 1. The van der Waals surface area contributed by atoms with Crippen LogP contribution in [0.4, 0.5) is 10.5 Å². The Labute approximate surface area is 136 Å². The highest BCUT2D eigenvalue weighted by atomic mass is 35.5. The fourth-order valence-corrected chi connectivity index (χ4v) is 3.65. The van der Waals surface area contributed by atoms with Gasteiger partial charge in [-0.3, -0.25) is 0 Å². The van der Waals surface area contributed by atoms with Gasteiger partial charge in [0.05, 0.1) is 0 Å². The number of aryl methyl sites for hydroxylation is 1. The van der Waals surface area contributed by atoms with Crippen molar-refractivity contribution in [3.63, 3.8) is 0 Å². The van der Waals surface area contributed by atoms with Crippen molar-refractivity contribution in [3.8, 4) is 0 Å². The molecule has 0 bridgehead atoms. The molecule has 2 aliphatic rings. The van der Waals surface area contributed by atoms with Gasteiger partial charge < -0.3 is 15.0 Å². The van der Waals surface area contributed by atoms with Crippen LogP contribution in [-0.2, 0) is 4.74 Å². The third kappa shape index (κ3) is 2.76. The van der Waals surface area contributed by atoms with E-state index in [4.69, 9.17) is 16.3 Å². The van der Waals surface area contributed by atoms with E-state index in [0.717, 1.165) is 22.7 Å². The predicted molar refractivity (Wildman–Crippen MR) is 88.8 cm³/mol. The maximum absolute atomic E-state index is 12.3. The Morgan fingerprint density at radius 2 is 2.14 bits per heavy atom. The van der Waals surface area contributed by atoms with E-state index in [0.29, 0.717) is 19.1 Å². The van der Waals surface area contributed by atoms with Crippen molar-refractivity contribution < 1.29 is 9.53 Å². The average Bonchev–Trinajstić information content (AvgIpc) is 2.80. The summed E-state index contributed by atoms with van der Waals surface area (Å²) in [5.74, 6) is 0.240. The number of ether oxygens (including phenoxy) is 1. The summed E-state index contributed by atoms with van der Waals surface area (Å²) in [6, 6.07) is 4.34. The third-order valence-electron chi connectivity index (χ3n) is 4.37. The molecule has 2 heterocycles. The standard InChI is InChI=1S/C17H23ClN2O2/c1-10-5-6-12(18)14-11-9-20(16(21)22-17(2,3)4)8-7-13(11)19-15(10)14/h5-6,11,13,19H,7-9H2,1-4H3. The number of hydrogen-bond donors (Lipinski definition) is 1. The molecule has 0 aliphatic carbocycles. The van der Waals surface area contributed by atoms with Crippen molar-refractivity contribution >= 4 is 23.4 Å². The first-order chi connectivity index (χ1) is 10.3. The Hall–Kier alpha value is -1.42. The van der Waals surface area contributed by atoms with E-state index >= 15 is 0 Å². The second kappa shape index (κ2) is 5.34. The molecule has 4 nitrogen and oxygen atoms in total. The molecule has 2 aliphatic heterocycles. The molecule has 5 heteroatoms. The number of fused-ring (bicyclic) bond motifs is 3. The summed E-state index contributed by atoms with van der Waals surface area (Å²) < 4.78 is 5.50. The highest BCUT2D eigenvalue weighted by Crippen LogP contribution is 2.45. The molecule has 0 aromatic heterocycles. The van der Waals surface area contributed by atoms with Crippen LogP contribution >= 0.6 is 11.6 Å². The number of amides is 1. The average molecular weight is 323 g/mol. The fourth-order valence-electron chi connectivity index (χ4n) is 3.35. The molecule has 1 amide bonds. The molecule has 0 radical (unpaired) electrons. The second-order valence-corrected chi connectivity index (χ2v) is 7.63. The van der Waals surface area contributed by atoms with E-state index in [1.54, 1.807) is 0 Å². The van der Waals surface area contributed by atoms with Crippen LogP contribution in [0, 0.1) is 6.92 Å². The molecule has 0 saturated carbocycles. The van der Waals surface area contributed by atoms with Gasteiger partial charge in [-0.1, -0.05) is 17.7 Å². The Kier molecular flexibility index (Phi) is 3.76. The lowest BCUT2D eigenvalue weighted by Crippen LogP contribution is -2.46. The minimum absolute atomic E-state index is 0.233. The lowest BCUT2D eigenvalue weighted by molar-refractivity contribution is 0.0195. The van der Waals surface area contributed by atoms with Crippen LogP contribution in [0.15, 0.2) is 12.1 Å². The van der Waals surface area contributed by atoms with Crippen LogP contribution in [-0.4, -0.2) is 35.7 Å². The van der Waals surface area contributed by atoms with Gasteiger partial charge in [-0.2, -0.15) is 0 Å². The zero-order valence-electron chi connectivity index (χ0n) is 13.6. The number of benzene rings is 1. The van der Waals surface area contributed by atoms with Crippen molar-refractivity contribution in [1.29, 1.82) is 0 Å². The summed E-state index contributed by atoms with van der Waals surface area (Å²) in [5.41, 5.74) is 3.04. The minimum atomic E-state index is -0.464. The third-order valence-corrected chi connectivity index (χ3v) is 4.70. The molecule has 3 rings (SSSR count). The first kappa shape index (κ1) is 15.5. The topological polar surface area (TPSA) is 41.6 Å². The summed E-state index contributed by atoms with van der Waals surface area (Å²) in [6.45, 7) is 9.14. The van der Waals surface area contributed by atoms with Crippen LogP contribution in [0.25, 0.3) is 0 Å². The van der Waals surface area contributed by atoms with Crippen molar-refractivity contribution in [1.82, 2.24) is 4.90 Å². The monoisotopic (exact) mass is 322 g/mol. The number of hydrogen-bond acceptors (Lipinski definition) is 3. The van der Waals surface area contributed by atoms with Crippen LogP contribution in [0.5, 0.6) is 0 Å². The largest absolute Gasteiger partial charge is 0.444 e. The van der Waals surface area contributed by atoms with Gasteiger partial charge in [0, 0.05) is 41.3 Å². The maximum atomic E-state index is 12.3. The molecule has 1 aromatic rings. The molecular formula is C17H23ClN2O2. The molecule has 0 spiro atoms. The Morgan fingerprint density at radius 1 is 1.41 bits per heavy atom. The lowest BCUT2D eigenvalue weighted by Gasteiger charge is -2.36. The van der Waals surface area contributed by atoms with Gasteiger partial charge in [0.15, 0.2) is 0 Å². The summed E-state index contributed by atoms with van der Waals surface area (Å²) in [7, 11) is 0. The smallest absolute Gasteiger partial charge is 0.410 e. The number of likely N-dealkylation sites (tertiary alicyclic amines) is 1. The van der Waals surface area contributed by atoms with Gasteiger partial charge in [-0.05, 0) is 45.7 Å². The molecule has 2 unspecified atom stereocenters. The Bertz CT molecular complexity index is 609. The number of carbonyl (C=O) groups excluding carboxylic acids is 1. The van der Waals surface area contributed by atoms with E-state index in [2.05, 4.69) is 12.2 Å². The molecule has 120 valence electrons. The van der Waals surface area contributed by atoms with E-state index < -0.39 is 5.60 Å². The van der Waals surface area contributed by atoms with Gasteiger partial charge >= 0.3 is 6.09 Å². The van der Waals surface area contributed by atoms with Gasteiger partial charge in [-0.15, -0.1) is 0 Å². The molecule has 1 N–H and O–H groups in total. The normalized spacial score (nSPS) is 23.6. The number of nitrogens with one attached hydrogen (secondary N) is 1. The summed E-state index contributed by atoms with van der Waals surface area (Å²) in [6.07, 6.45) is 0.678. The molecule has 1 fully saturated rings.